The van der Waals surface area contributed by atoms with Crippen molar-refractivity contribution < 1.29 is 13.2 Å². The summed E-state index contributed by atoms with van der Waals surface area (Å²) in [7, 11) is -1.94. The number of aryl methyl sites for hydroxylation is 1. The van der Waals surface area contributed by atoms with Gasteiger partial charge < -0.3 is 10.5 Å². The van der Waals surface area contributed by atoms with Crippen LogP contribution >= 0.6 is 0 Å². The van der Waals surface area contributed by atoms with Crippen LogP contribution in [0.25, 0.3) is 0 Å². The Morgan fingerprint density at radius 3 is 2.52 bits per heavy atom. The second kappa shape index (κ2) is 5.77. The van der Waals surface area contributed by atoms with Crippen molar-refractivity contribution in [2.75, 3.05) is 12.8 Å². The van der Waals surface area contributed by atoms with Crippen LogP contribution in [0.5, 0.6) is 5.75 Å². The van der Waals surface area contributed by atoms with Crippen molar-refractivity contribution in [3.8, 4) is 5.75 Å². The van der Waals surface area contributed by atoms with E-state index in [0.29, 0.717) is 22.6 Å². The minimum atomic E-state index is -3.48. The lowest BCUT2D eigenvalue weighted by Crippen LogP contribution is -2.09. The quantitative estimate of drug-likeness (QED) is 0.882. The normalized spacial score (nSPS) is 11.4. The molecule has 2 aromatic carbocycles. The van der Waals surface area contributed by atoms with Gasteiger partial charge in [0, 0.05) is 11.3 Å². The Kier molecular flexibility index (Phi) is 4.23. The highest BCUT2D eigenvalue weighted by Gasteiger charge is 2.20. The highest BCUT2D eigenvalue weighted by atomic mass is 32.2. The standard InChI is InChI=1S/C16H19NO3S/c1-11-7-8-15(20-3)13(9-11)10-21(18,19)16-6-4-5-14(17)12(16)2/h4-9H,10,17H2,1-3H3. The van der Waals surface area contributed by atoms with Crippen LogP contribution in [0.3, 0.4) is 0 Å². The van der Waals surface area contributed by atoms with E-state index in [9.17, 15) is 8.42 Å². The molecule has 0 amide bonds. The molecule has 0 bridgehead atoms. The van der Waals surface area contributed by atoms with Gasteiger partial charge in [0.1, 0.15) is 5.75 Å². The topological polar surface area (TPSA) is 69.4 Å². The molecule has 0 aromatic heterocycles. The molecular formula is C16H19NO3S. The zero-order valence-electron chi connectivity index (χ0n) is 12.4. The van der Waals surface area contributed by atoms with Crippen molar-refractivity contribution in [1.82, 2.24) is 0 Å². The molecular weight excluding hydrogens is 286 g/mol. The van der Waals surface area contributed by atoms with E-state index in [1.54, 1.807) is 31.2 Å². The number of anilines is 1. The van der Waals surface area contributed by atoms with E-state index in [1.165, 1.54) is 7.11 Å². The number of hydrogen-bond donors (Lipinski definition) is 1. The molecule has 112 valence electrons. The van der Waals surface area contributed by atoms with Crippen molar-refractivity contribution in [1.29, 1.82) is 0 Å². The molecule has 0 saturated carbocycles. The second-order valence-corrected chi connectivity index (χ2v) is 7.00. The Morgan fingerprint density at radius 2 is 1.86 bits per heavy atom. The fourth-order valence-electron chi connectivity index (χ4n) is 2.27. The van der Waals surface area contributed by atoms with Crippen LogP contribution in [0.4, 0.5) is 5.69 Å². The summed E-state index contributed by atoms with van der Waals surface area (Å²) < 4.78 is 30.5. The average Bonchev–Trinajstić information content (AvgIpc) is 2.41. The largest absolute Gasteiger partial charge is 0.496 e. The summed E-state index contributed by atoms with van der Waals surface area (Å²) in [5.41, 5.74) is 8.51. The second-order valence-electron chi connectivity index (χ2n) is 5.04. The van der Waals surface area contributed by atoms with E-state index in [-0.39, 0.29) is 10.6 Å². The zero-order valence-corrected chi connectivity index (χ0v) is 13.2. The van der Waals surface area contributed by atoms with Crippen molar-refractivity contribution in [2.45, 2.75) is 24.5 Å². The van der Waals surface area contributed by atoms with Gasteiger partial charge in [-0.05, 0) is 37.6 Å². The summed E-state index contributed by atoms with van der Waals surface area (Å²) in [5.74, 6) is 0.466. The molecule has 2 N–H and O–H groups in total. The van der Waals surface area contributed by atoms with Crippen molar-refractivity contribution in [3.63, 3.8) is 0 Å². The number of rotatable bonds is 4. The van der Waals surface area contributed by atoms with E-state index < -0.39 is 9.84 Å². The third kappa shape index (κ3) is 3.19. The van der Waals surface area contributed by atoms with Gasteiger partial charge in [-0.3, -0.25) is 0 Å². The number of hydrogen-bond acceptors (Lipinski definition) is 4. The van der Waals surface area contributed by atoms with Gasteiger partial charge in [-0.2, -0.15) is 0 Å². The summed E-state index contributed by atoms with van der Waals surface area (Å²) in [4.78, 5) is 0.269. The molecule has 0 aliphatic rings. The van der Waals surface area contributed by atoms with Gasteiger partial charge in [-0.1, -0.05) is 23.8 Å². The van der Waals surface area contributed by atoms with Crippen LogP contribution in [-0.4, -0.2) is 15.5 Å². The van der Waals surface area contributed by atoms with Crippen molar-refractivity contribution in [2.24, 2.45) is 0 Å². The molecule has 2 aromatic rings. The molecule has 0 unspecified atom stereocenters. The van der Waals surface area contributed by atoms with Gasteiger partial charge in [-0.15, -0.1) is 0 Å². The van der Waals surface area contributed by atoms with Crippen LogP contribution in [0.1, 0.15) is 16.7 Å². The zero-order chi connectivity index (χ0) is 15.6. The minimum absolute atomic E-state index is 0.109. The fraction of sp³-hybridized carbons (Fsp3) is 0.250. The number of sulfone groups is 1. The number of nitrogens with two attached hydrogens (primary N) is 1. The summed E-state index contributed by atoms with van der Waals surface area (Å²) in [5, 5.41) is 0. The molecule has 5 heteroatoms. The summed E-state index contributed by atoms with van der Waals surface area (Å²) in [6.45, 7) is 3.64. The number of benzene rings is 2. The maximum atomic E-state index is 12.6. The summed E-state index contributed by atoms with van der Waals surface area (Å²) in [6.07, 6.45) is 0. The summed E-state index contributed by atoms with van der Waals surface area (Å²) in [6, 6.07) is 10.4. The smallest absolute Gasteiger partial charge is 0.182 e. The van der Waals surface area contributed by atoms with Gasteiger partial charge in [0.2, 0.25) is 0 Å². The highest BCUT2D eigenvalue weighted by molar-refractivity contribution is 7.90. The molecule has 0 aliphatic heterocycles. The highest BCUT2D eigenvalue weighted by Crippen LogP contribution is 2.28. The molecule has 4 nitrogen and oxygen atoms in total. The Balaban J connectivity index is 2.47. The van der Waals surface area contributed by atoms with Crippen LogP contribution < -0.4 is 10.5 Å². The number of ether oxygens (including phenoxy) is 1. The number of nitrogen functional groups attached to an aromatic ring is 1. The molecule has 0 saturated heterocycles. The van der Waals surface area contributed by atoms with Gasteiger partial charge >= 0.3 is 0 Å². The molecule has 0 radical (unpaired) electrons. The van der Waals surface area contributed by atoms with E-state index in [0.717, 1.165) is 5.56 Å². The van der Waals surface area contributed by atoms with Gasteiger partial charge in [-0.25, -0.2) is 8.42 Å². The lowest BCUT2D eigenvalue weighted by molar-refractivity contribution is 0.411. The lowest BCUT2D eigenvalue weighted by atomic mass is 10.1. The first-order valence-corrected chi connectivity index (χ1v) is 8.22. The summed E-state index contributed by atoms with van der Waals surface area (Å²) >= 11 is 0. The van der Waals surface area contributed by atoms with E-state index in [1.807, 2.05) is 19.1 Å². The molecule has 2 rings (SSSR count). The third-order valence-corrected chi connectivity index (χ3v) is 5.25. The van der Waals surface area contributed by atoms with Crippen LogP contribution in [-0.2, 0) is 15.6 Å². The fourth-order valence-corrected chi connectivity index (χ4v) is 3.93. The Labute approximate surface area is 125 Å². The number of methoxy groups -OCH3 is 1. The molecule has 0 spiro atoms. The van der Waals surface area contributed by atoms with Crippen LogP contribution in [0.15, 0.2) is 41.3 Å². The predicted octanol–water partition coefficient (Wildman–Crippen LogP) is 2.87. The van der Waals surface area contributed by atoms with Gasteiger partial charge in [0.05, 0.1) is 17.8 Å². The maximum Gasteiger partial charge on any atom is 0.182 e. The van der Waals surface area contributed by atoms with E-state index >= 15 is 0 Å². The Morgan fingerprint density at radius 1 is 1.14 bits per heavy atom. The minimum Gasteiger partial charge on any atom is -0.496 e. The average molecular weight is 305 g/mol. The monoisotopic (exact) mass is 305 g/mol. The molecule has 21 heavy (non-hydrogen) atoms. The molecule has 0 fully saturated rings. The van der Waals surface area contributed by atoms with Gasteiger partial charge in [0.25, 0.3) is 0 Å². The predicted molar refractivity (Wildman–Crippen MR) is 84.2 cm³/mol. The Hall–Kier alpha value is -2.01. The van der Waals surface area contributed by atoms with Crippen LogP contribution in [0, 0.1) is 13.8 Å². The van der Waals surface area contributed by atoms with E-state index in [4.69, 9.17) is 10.5 Å². The first-order chi connectivity index (χ1) is 9.85. The molecule has 0 aliphatic carbocycles. The Bertz CT molecular complexity index is 767. The van der Waals surface area contributed by atoms with E-state index in [2.05, 4.69) is 0 Å². The SMILES string of the molecule is COc1ccc(C)cc1CS(=O)(=O)c1cccc(N)c1C. The molecule has 0 atom stereocenters. The third-order valence-electron chi connectivity index (χ3n) is 3.44. The first kappa shape index (κ1) is 15.4. The van der Waals surface area contributed by atoms with Crippen molar-refractivity contribution in [3.05, 3.63) is 53.1 Å². The van der Waals surface area contributed by atoms with Crippen LogP contribution in [0.2, 0.25) is 0 Å². The molecule has 0 heterocycles. The maximum absolute atomic E-state index is 12.6. The lowest BCUT2D eigenvalue weighted by Gasteiger charge is -2.12. The van der Waals surface area contributed by atoms with Gasteiger partial charge in [0.15, 0.2) is 9.84 Å². The van der Waals surface area contributed by atoms with Crippen molar-refractivity contribution >= 4 is 15.5 Å². The first-order valence-electron chi connectivity index (χ1n) is 6.56.